The van der Waals surface area contributed by atoms with Gasteiger partial charge in [0.1, 0.15) is 0 Å². The van der Waals surface area contributed by atoms with Crippen molar-refractivity contribution in [3.63, 3.8) is 0 Å². The summed E-state index contributed by atoms with van der Waals surface area (Å²) < 4.78 is 7.31. The Kier molecular flexibility index (Phi) is 14.0. The van der Waals surface area contributed by atoms with Gasteiger partial charge in [-0.25, -0.2) is 9.59 Å². The van der Waals surface area contributed by atoms with Gasteiger partial charge in [0.15, 0.2) is 6.61 Å². The van der Waals surface area contributed by atoms with Crippen molar-refractivity contribution in [3.8, 4) is 9.85 Å². The van der Waals surface area contributed by atoms with Crippen molar-refractivity contribution in [2.24, 2.45) is 0 Å². The maximum absolute atomic E-state index is 11.2. The van der Waals surface area contributed by atoms with E-state index in [9.17, 15) is 9.59 Å². The number of nitrogens with zero attached hydrogens (tertiary/aromatic N) is 1. The Morgan fingerprint density at radius 2 is 1.96 bits per heavy atom. The number of anilines is 1. The predicted molar refractivity (Wildman–Crippen MR) is 115 cm³/mol. The Bertz CT molecular complexity index is 646. The summed E-state index contributed by atoms with van der Waals surface area (Å²) >= 11 is 13.4. The third kappa shape index (κ3) is 12.1. The molecule has 0 saturated heterocycles. The molecule has 1 aromatic rings. The molecule has 9 heteroatoms. The highest BCUT2D eigenvalue weighted by Crippen LogP contribution is 2.24. The lowest BCUT2D eigenvalue weighted by atomic mass is 10.3. The number of benzene rings is 1. The van der Waals surface area contributed by atoms with E-state index in [0.717, 1.165) is 12.8 Å². The Morgan fingerprint density at radius 3 is 2.50 bits per heavy atom. The van der Waals surface area contributed by atoms with Gasteiger partial charge >= 0.3 is 12.1 Å². The normalized spacial score (nSPS) is 9.00. The molecule has 0 aliphatic carbocycles. The maximum atomic E-state index is 11.2. The summed E-state index contributed by atoms with van der Waals surface area (Å²) in [4.78, 5) is 23.5. The van der Waals surface area contributed by atoms with Gasteiger partial charge in [-0.2, -0.15) is 0 Å². The highest BCUT2D eigenvalue weighted by Gasteiger charge is 2.05. The number of hydrogen-bond donors (Lipinski definition) is 2. The second-order valence-electron chi connectivity index (χ2n) is 5.08. The zero-order chi connectivity index (χ0) is 19.9. The van der Waals surface area contributed by atoms with Gasteiger partial charge in [-0.1, -0.05) is 42.5 Å². The number of urea groups is 1. The lowest BCUT2D eigenvalue weighted by molar-refractivity contribution is 0.160. The molecule has 0 aliphatic rings. The SMILES string of the molecule is CCCCNC(=O)OCC#CI.CN(C)C(=O)Nc1ccc(Cl)c(Cl)c1. The van der Waals surface area contributed by atoms with Crippen LogP contribution in [-0.4, -0.2) is 44.3 Å². The van der Waals surface area contributed by atoms with Gasteiger partial charge in [-0.15, -0.1) is 0 Å². The highest BCUT2D eigenvalue weighted by atomic mass is 127. The van der Waals surface area contributed by atoms with Crippen LogP contribution in [0.3, 0.4) is 0 Å². The summed E-state index contributed by atoms with van der Waals surface area (Å²) in [5.74, 6) is 2.62. The summed E-state index contributed by atoms with van der Waals surface area (Å²) in [5.41, 5.74) is 0.623. The Balaban J connectivity index is 0.000000488. The third-order valence-electron chi connectivity index (χ3n) is 2.72. The van der Waals surface area contributed by atoms with Gasteiger partial charge in [0.25, 0.3) is 0 Å². The quantitative estimate of drug-likeness (QED) is 0.331. The molecule has 6 nitrogen and oxygen atoms in total. The van der Waals surface area contributed by atoms with Gasteiger partial charge in [0.2, 0.25) is 0 Å². The first-order valence-electron chi connectivity index (χ1n) is 7.74. The van der Waals surface area contributed by atoms with E-state index in [4.69, 9.17) is 27.9 Å². The van der Waals surface area contributed by atoms with Crippen LogP contribution in [0.15, 0.2) is 18.2 Å². The van der Waals surface area contributed by atoms with Crippen LogP contribution in [0.5, 0.6) is 0 Å². The third-order valence-corrected chi connectivity index (χ3v) is 3.84. The molecule has 0 aliphatic heterocycles. The number of carbonyl (C=O) groups is 2. The van der Waals surface area contributed by atoms with Crippen molar-refractivity contribution in [3.05, 3.63) is 28.2 Å². The fraction of sp³-hybridized carbons (Fsp3) is 0.412. The Labute approximate surface area is 178 Å². The average Bonchev–Trinajstić information content (AvgIpc) is 2.59. The Hall–Kier alpha value is -1.37. The van der Waals surface area contributed by atoms with Crippen LogP contribution in [-0.2, 0) is 4.74 Å². The van der Waals surface area contributed by atoms with E-state index >= 15 is 0 Å². The average molecular weight is 514 g/mol. The Morgan fingerprint density at radius 1 is 1.27 bits per heavy atom. The number of alkyl carbamates (subject to hydrolysis) is 1. The van der Waals surface area contributed by atoms with Crippen LogP contribution in [0.4, 0.5) is 15.3 Å². The van der Waals surface area contributed by atoms with E-state index in [0.29, 0.717) is 22.3 Å². The molecule has 1 aromatic carbocycles. The van der Waals surface area contributed by atoms with Crippen molar-refractivity contribution < 1.29 is 14.3 Å². The minimum absolute atomic E-state index is 0.168. The molecule has 0 atom stereocenters. The molecule has 0 unspecified atom stereocenters. The van der Waals surface area contributed by atoms with Crippen LogP contribution in [0.2, 0.25) is 10.0 Å². The summed E-state index contributed by atoms with van der Waals surface area (Å²) in [5, 5.41) is 6.15. The van der Waals surface area contributed by atoms with Crippen LogP contribution < -0.4 is 10.6 Å². The first-order valence-corrected chi connectivity index (χ1v) is 9.57. The second-order valence-corrected chi connectivity index (χ2v) is 6.43. The standard InChI is InChI=1S/C9H10Cl2N2O.C8H12INO2/c1-13(2)9(14)12-6-3-4-7(10)8(11)5-6;1-2-3-6-10-8(11)12-7-4-5-9/h3-5H,1-2H3,(H,12,14);2-3,6-7H2,1H3,(H,10,11). The van der Waals surface area contributed by atoms with E-state index in [1.165, 1.54) is 4.90 Å². The van der Waals surface area contributed by atoms with Crippen molar-refractivity contribution in [1.82, 2.24) is 10.2 Å². The number of amides is 3. The molecule has 0 spiro atoms. The van der Waals surface area contributed by atoms with Gasteiger partial charge in [0, 0.05) is 48.9 Å². The summed E-state index contributed by atoms with van der Waals surface area (Å²) in [6.07, 6.45) is 1.66. The molecule has 1 rings (SSSR count). The number of nitrogens with one attached hydrogen (secondary N) is 2. The molecular weight excluding hydrogens is 492 g/mol. The fourth-order valence-corrected chi connectivity index (χ4v) is 1.81. The topological polar surface area (TPSA) is 70.7 Å². The largest absolute Gasteiger partial charge is 0.436 e. The van der Waals surface area contributed by atoms with E-state index in [2.05, 4.69) is 27.4 Å². The van der Waals surface area contributed by atoms with Gasteiger partial charge in [0.05, 0.1) is 10.0 Å². The van der Waals surface area contributed by atoms with Crippen molar-refractivity contribution in [2.45, 2.75) is 19.8 Å². The maximum Gasteiger partial charge on any atom is 0.408 e. The van der Waals surface area contributed by atoms with Crippen LogP contribution in [0.1, 0.15) is 19.8 Å². The number of hydrogen-bond acceptors (Lipinski definition) is 3. The zero-order valence-corrected chi connectivity index (χ0v) is 18.5. The molecule has 0 heterocycles. The molecule has 0 saturated carbocycles. The molecule has 144 valence electrons. The number of unbranched alkanes of at least 4 members (excludes halogenated alkanes) is 1. The van der Waals surface area contributed by atoms with Crippen molar-refractivity contribution in [2.75, 3.05) is 32.6 Å². The monoisotopic (exact) mass is 513 g/mol. The van der Waals surface area contributed by atoms with E-state index in [1.54, 1.807) is 32.3 Å². The van der Waals surface area contributed by atoms with Gasteiger partial charge < -0.3 is 20.3 Å². The van der Waals surface area contributed by atoms with Crippen molar-refractivity contribution >= 4 is 63.6 Å². The smallest absolute Gasteiger partial charge is 0.408 e. The molecule has 3 amide bonds. The molecule has 2 N–H and O–H groups in total. The van der Waals surface area contributed by atoms with Crippen LogP contribution >= 0.6 is 45.8 Å². The van der Waals surface area contributed by atoms with Crippen LogP contribution in [0, 0.1) is 9.85 Å². The lowest BCUT2D eigenvalue weighted by Crippen LogP contribution is -2.27. The number of rotatable bonds is 5. The fourth-order valence-electron chi connectivity index (χ4n) is 1.36. The minimum atomic E-state index is -0.386. The number of ether oxygens (including phenoxy) is 1. The number of halogens is 3. The molecule has 0 radical (unpaired) electrons. The zero-order valence-electron chi connectivity index (χ0n) is 14.9. The van der Waals surface area contributed by atoms with Gasteiger partial charge in [-0.3, -0.25) is 0 Å². The number of carbonyl (C=O) groups excluding carboxylic acids is 2. The summed E-state index contributed by atoms with van der Waals surface area (Å²) in [6.45, 7) is 2.91. The predicted octanol–water partition coefficient (Wildman–Crippen LogP) is 5.00. The molecule has 26 heavy (non-hydrogen) atoms. The molecule has 0 aromatic heterocycles. The molecular formula is C17H22Cl2IN3O3. The molecule has 0 bridgehead atoms. The molecule has 0 fully saturated rings. The van der Waals surface area contributed by atoms with E-state index in [1.807, 2.05) is 22.6 Å². The van der Waals surface area contributed by atoms with E-state index < -0.39 is 0 Å². The second kappa shape index (κ2) is 14.8. The van der Waals surface area contributed by atoms with Crippen LogP contribution in [0.25, 0.3) is 0 Å². The minimum Gasteiger partial charge on any atom is -0.436 e. The first kappa shape index (κ1) is 24.6. The van der Waals surface area contributed by atoms with Crippen molar-refractivity contribution in [1.29, 1.82) is 0 Å². The van der Waals surface area contributed by atoms with Gasteiger partial charge in [-0.05, 0) is 28.5 Å². The summed E-state index contributed by atoms with van der Waals surface area (Å²) in [7, 11) is 3.32. The van der Waals surface area contributed by atoms with E-state index in [-0.39, 0.29) is 18.7 Å². The summed E-state index contributed by atoms with van der Waals surface area (Å²) in [6, 6.07) is 4.72. The lowest BCUT2D eigenvalue weighted by Gasteiger charge is -2.12. The highest BCUT2D eigenvalue weighted by molar-refractivity contribution is 14.1. The first-order chi connectivity index (χ1) is 12.3.